The van der Waals surface area contributed by atoms with Gasteiger partial charge in [-0.25, -0.2) is 0 Å². The molecule has 1 aliphatic carbocycles. The number of hydrogen-bond donors (Lipinski definition) is 1. The molecule has 1 aromatic carbocycles. The van der Waals surface area contributed by atoms with Crippen molar-refractivity contribution in [3.8, 4) is 0 Å². The van der Waals surface area contributed by atoms with Crippen LogP contribution in [0.15, 0.2) is 18.2 Å². The Kier molecular flexibility index (Phi) is 4.09. The zero-order valence-electron chi connectivity index (χ0n) is 11.4. The van der Waals surface area contributed by atoms with Crippen molar-refractivity contribution in [2.75, 3.05) is 5.32 Å². The molecule has 1 aromatic rings. The second-order valence-electron chi connectivity index (χ2n) is 5.77. The highest BCUT2D eigenvalue weighted by molar-refractivity contribution is 5.50. The number of aryl methyl sites for hydroxylation is 1. The molecule has 94 valence electrons. The Morgan fingerprint density at radius 1 is 1.06 bits per heavy atom. The molecular formula is C16H25N. The summed E-state index contributed by atoms with van der Waals surface area (Å²) in [7, 11) is 0. The van der Waals surface area contributed by atoms with E-state index in [2.05, 4.69) is 44.3 Å². The summed E-state index contributed by atoms with van der Waals surface area (Å²) in [5.74, 6) is 0.613. The Labute approximate surface area is 106 Å². The van der Waals surface area contributed by atoms with E-state index in [4.69, 9.17) is 0 Å². The van der Waals surface area contributed by atoms with Gasteiger partial charge in [0.1, 0.15) is 0 Å². The van der Waals surface area contributed by atoms with Gasteiger partial charge in [-0.15, -0.1) is 0 Å². The predicted molar refractivity (Wildman–Crippen MR) is 75.8 cm³/mol. The smallest absolute Gasteiger partial charge is 0.0347 e. The molecule has 1 nitrogen and oxygen atoms in total. The van der Waals surface area contributed by atoms with E-state index in [9.17, 15) is 0 Å². The number of nitrogens with one attached hydrogen (secondary N) is 1. The van der Waals surface area contributed by atoms with E-state index < -0.39 is 0 Å². The summed E-state index contributed by atoms with van der Waals surface area (Å²) < 4.78 is 0. The highest BCUT2D eigenvalue weighted by atomic mass is 14.9. The second-order valence-corrected chi connectivity index (χ2v) is 5.77. The van der Waals surface area contributed by atoms with Crippen LogP contribution in [0.2, 0.25) is 0 Å². The summed E-state index contributed by atoms with van der Waals surface area (Å²) >= 11 is 0. The normalized spacial score (nSPS) is 17.4. The van der Waals surface area contributed by atoms with Gasteiger partial charge in [0.25, 0.3) is 0 Å². The predicted octanol–water partition coefficient (Wildman–Crippen LogP) is 4.86. The number of hydrogen-bond acceptors (Lipinski definition) is 1. The van der Waals surface area contributed by atoms with Crippen molar-refractivity contribution < 1.29 is 0 Å². The average Bonchev–Trinajstić information content (AvgIpc) is 2.29. The van der Waals surface area contributed by atoms with Gasteiger partial charge in [-0.2, -0.15) is 0 Å². The second kappa shape index (κ2) is 5.57. The van der Waals surface area contributed by atoms with Gasteiger partial charge >= 0.3 is 0 Å². The van der Waals surface area contributed by atoms with Crippen LogP contribution in [0.4, 0.5) is 5.69 Å². The molecule has 2 rings (SSSR count). The van der Waals surface area contributed by atoms with Gasteiger partial charge in [0.2, 0.25) is 0 Å². The molecule has 1 saturated carbocycles. The van der Waals surface area contributed by atoms with E-state index in [0.717, 1.165) is 0 Å². The van der Waals surface area contributed by atoms with Crippen LogP contribution in [-0.2, 0) is 0 Å². The molecule has 0 spiro atoms. The van der Waals surface area contributed by atoms with Crippen molar-refractivity contribution in [3.63, 3.8) is 0 Å². The fourth-order valence-corrected chi connectivity index (χ4v) is 2.71. The molecule has 0 saturated heterocycles. The third kappa shape index (κ3) is 3.49. The van der Waals surface area contributed by atoms with E-state index in [1.54, 1.807) is 0 Å². The van der Waals surface area contributed by atoms with Crippen LogP contribution >= 0.6 is 0 Å². The first-order valence-corrected chi connectivity index (χ1v) is 7.03. The minimum Gasteiger partial charge on any atom is -0.382 e. The van der Waals surface area contributed by atoms with Crippen LogP contribution < -0.4 is 5.32 Å². The quantitative estimate of drug-likeness (QED) is 0.783. The molecule has 1 fully saturated rings. The Hall–Kier alpha value is -0.980. The molecule has 1 heteroatoms. The molecule has 0 atom stereocenters. The molecule has 17 heavy (non-hydrogen) atoms. The van der Waals surface area contributed by atoms with E-state index in [1.165, 1.54) is 48.9 Å². The molecule has 0 aromatic heterocycles. The molecule has 1 aliphatic rings. The molecule has 0 bridgehead atoms. The van der Waals surface area contributed by atoms with E-state index in [1.807, 2.05) is 0 Å². The van der Waals surface area contributed by atoms with Gasteiger partial charge in [-0.05, 0) is 48.9 Å². The zero-order chi connectivity index (χ0) is 12.3. The molecule has 0 unspecified atom stereocenters. The summed E-state index contributed by atoms with van der Waals surface area (Å²) in [6.07, 6.45) is 6.88. The minimum absolute atomic E-state index is 0.613. The molecular weight excluding hydrogens is 206 g/mol. The van der Waals surface area contributed by atoms with Crippen molar-refractivity contribution in [1.82, 2.24) is 0 Å². The minimum atomic E-state index is 0.613. The monoisotopic (exact) mass is 231 g/mol. The van der Waals surface area contributed by atoms with Gasteiger partial charge in [0.15, 0.2) is 0 Å². The highest BCUT2D eigenvalue weighted by Gasteiger charge is 2.13. The van der Waals surface area contributed by atoms with Crippen molar-refractivity contribution in [2.45, 2.75) is 64.8 Å². The lowest BCUT2D eigenvalue weighted by Gasteiger charge is -2.24. The standard InChI is InChI=1S/C16H25N/c1-12(2)14-9-13(3)10-16(11-14)17-15-7-5-4-6-8-15/h9-12,15,17H,4-8H2,1-3H3. The maximum absolute atomic E-state index is 3.72. The molecule has 0 aliphatic heterocycles. The third-order valence-electron chi connectivity index (χ3n) is 3.74. The van der Waals surface area contributed by atoms with E-state index in [-0.39, 0.29) is 0 Å². The zero-order valence-corrected chi connectivity index (χ0v) is 11.4. The van der Waals surface area contributed by atoms with Gasteiger partial charge in [0.05, 0.1) is 0 Å². The Balaban J connectivity index is 2.09. The maximum atomic E-state index is 3.72. The summed E-state index contributed by atoms with van der Waals surface area (Å²) in [5, 5.41) is 3.72. The Bertz CT molecular complexity index is 362. The van der Waals surface area contributed by atoms with Crippen molar-refractivity contribution >= 4 is 5.69 Å². The van der Waals surface area contributed by atoms with Crippen LogP contribution in [0, 0.1) is 6.92 Å². The van der Waals surface area contributed by atoms with Gasteiger partial charge < -0.3 is 5.32 Å². The maximum Gasteiger partial charge on any atom is 0.0347 e. The largest absolute Gasteiger partial charge is 0.382 e. The third-order valence-corrected chi connectivity index (χ3v) is 3.74. The Morgan fingerprint density at radius 3 is 2.41 bits per heavy atom. The fourth-order valence-electron chi connectivity index (χ4n) is 2.71. The van der Waals surface area contributed by atoms with Crippen molar-refractivity contribution in [2.24, 2.45) is 0 Å². The number of benzene rings is 1. The van der Waals surface area contributed by atoms with Gasteiger partial charge in [0, 0.05) is 11.7 Å². The van der Waals surface area contributed by atoms with E-state index in [0.29, 0.717) is 12.0 Å². The SMILES string of the molecule is Cc1cc(NC2CCCCC2)cc(C(C)C)c1. The van der Waals surface area contributed by atoms with Crippen molar-refractivity contribution in [3.05, 3.63) is 29.3 Å². The van der Waals surface area contributed by atoms with Crippen LogP contribution in [0.5, 0.6) is 0 Å². The first-order chi connectivity index (χ1) is 8.15. The fraction of sp³-hybridized carbons (Fsp3) is 0.625. The first kappa shape index (κ1) is 12.5. The van der Waals surface area contributed by atoms with Crippen LogP contribution in [0.3, 0.4) is 0 Å². The van der Waals surface area contributed by atoms with Crippen LogP contribution in [0.25, 0.3) is 0 Å². The summed E-state index contributed by atoms with van der Waals surface area (Å²) in [4.78, 5) is 0. The lowest BCUT2D eigenvalue weighted by molar-refractivity contribution is 0.462. The van der Waals surface area contributed by atoms with Crippen LogP contribution in [0.1, 0.15) is 63.0 Å². The van der Waals surface area contributed by atoms with Crippen molar-refractivity contribution in [1.29, 1.82) is 0 Å². The molecule has 0 radical (unpaired) electrons. The summed E-state index contributed by atoms with van der Waals surface area (Å²) in [6, 6.07) is 7.61. The van der Waals surface area contributed by atoms with Gasteiger partial charge in [-0.1, -0.05) is 39.2 Å². The average molecular weight is 231 g/mol. The number of rotatable bonds is 3. The molecule has 0 heterocycles. The molecule has 0 amide bonds. The van der Waals surface area contributed by atoms with E-state index >= 15 is 0 Å². The highest BCUT2D eigenvalue weighted by Crippen LogP contribution is 2.25. The summed E-state index contributed by atoms with van der Waals surface area (Å²) in [5.41, 5.74) is 4.14. The van der Waals surface area contributed by atoms with Gasteiger partial charge in [-0.3, -0.25) is 0 Å². The van der Waals surface area contributed by atoms with Crippen LogP contribution in [-0.4, -0.2) is 6.04 Å². The first-order valence-electron chi connectivity index (χ1n) is 7.03. The topological polar surface area (TPSA) is 12.0 Å². The molecule has 1 N–H and O–H groups in total. The lowest BCUT2D eigenvalue weighted by Crippen LogP contribution is -2.22. The summed E-state index contributed by atoms with van der Waals surface area (Å²) in [6.45, 7) is 6.72. The Morgan fingerprint density at radius 2 is 1.76 bits per heavy atom. The lowest BCUT2D eigenvalue weighted by atomic mass is 9.94. The number of anilines is 1.